The van der Waals surface area contributed by atoms with Gasteiger partial charge in [0.15, 0.2) is 0 Å². The summed E-state index contributed by atoms with van der Waals surface area (Å²) < 4.78 is 0. The van der Waals surface area contributed by atoms with Gasteiger partial charge >= 0.3 is 0 Å². The summed E-state index contributed by atoms with van der Waals surface area (Å²) in [6.45, 7) is 0. The minimum absolute atomic E-state index is 0.527. The molecule has 0 fully saturated rings. The number of hydrogen-bond acceptors (Lipinski definition) is 6. The maximum atomic E-state index is 6.11. The first-order chi connectivity index (χ1) is 14.5. The van der Waals surface area contributed by atoms with Gasteiger partial charge in [-0.1, -0.05) is 82.1 Å². The Balaban J connectivity index is 1.54. The fourth-order valence-electron chi connectivity index (χ4n) is 2.59. The van der Waals surface area contributed by atoms with E-state index >= 15 is 0 Å². The lowest BCUT2D eigenvalue weighted by Crippen LogP contribution is -1.97. The van der Waals surface area contributed by atoms with Crippen LogP contribution in [0.5, 0.6) is 0 Å². The molecule has 0 N–H and O–H groups in total. The van der Waals surface area contributed by atoms with E-state index in [0.717, 1.165) is 11.1 Å². The molecule has 0 aliphatic carbocycles. The van der Waals surface area contributed by atoms with Crippen molar-refractivity contribution in [1.82, 2.24) is 20.2 Å². The van der Waals surface area contributed by atoms with Gasteiger partial charge in [0.25, 0.3) is 0 Å². The lowest BCUT2D eigenvalue weighted by atomic mass is 10.2. The standard InChI is InChI=1S/C20H12Cl4N4S2/c21-13-3-1-11(7-15(13)23)9-29-19-17-18(26-6-5-25-17)20(28-27-19)30-10-12-2-4-14(22)16(24)8-12/h1-8H,9-10H2. The minimum atomic E-state index is 0.527. The van der Waals surface area contributed by atoms with E-state index in [9.17, 15) is 0 Å². The first-order valence-electron chi connectivity index (χ1n) is 8.62. The predicted octanol–water partition coefficient (Wildman–Crippen LogP) is 7.62. The zero-order chi connectivity index (χ0) is 21.1. The molecule has 30 heavy (non-hydrogen) atoms. The molecule has 0 saturated heterocycles. The third-order valence-corrected chi connectivity index (χ3v) is 7.58. The summed E-state index contributed by atoms with van der Waals surface area (Å²) in [5.74, 6) is 1.32. The predicted molar refractivity (Wildman–Crippen MR) is 127 cm³/mol. The monoisotopic (exact) mass is 512 g/mol. The zero-order valence-electron chi connectivity index (χ0n) is 15.2. The Morgan fingerprint density at radius 2 is 1.03 bits per heavy atom. The first kappa shape index (κ1) is 21.9. The van der Waals surface area contributed by atoms with Crippen molar-refractivity contribution in [2.45, 2.75) is 21.6 Å². The molecule has 0 amide bonds. The fourth-order valence-corrected chi connectivity index (χ4v) is 4.97. The summed E-state index contributed by atoms with van der Waals surface area (Å²) in [7, 11) is 0. The summed E-state index contributed by atoms with van der Waals surface area (Å²) in [5.41, 5.74) is 3.50. The van der Waals surface area contributed by atoms with Crippen LogP contribution in [0.2, 0.25) is 20.1 Å². The molecule has 0 aliphatic rings. The highest BCUT2D eigenvalue weighted by Gasteiger charge is 2.14. The van der Waals surface area contributed by atoms with Crippen LogP contribution in [-0.2, 0) is 11.5 Å². The van der Waals surface area contributed by atoms with Gasteiger partial charge in [0, 0.05) is 23.9 Å². The molecular formula is C20H12Cl4N4S2. The number of fused-ring (bicyclic) bond motifs is 1. The summed E-state index contributed by atoms with van der Waals surface area (Å²) in [6.07, 6.45) is 3.31. The number of benzene rings is 2. The Morgan fingerprint density at radius 3 is 1.43 bits per heavy atom. The van der Waals surface area contributed by atoms with E-state index in [4.69, 9.17) is 46.4 Å². The maximum Gasteiger partial charge on any atom is 0.147 e. The molecule has 10 heteroatoms. The average Bonchev–Trinajstić information content (AvgIpc) is 2.75. The van der Waals surface area contributed by atoms with Gasteiger partial charge in [0.1, 0.15) is 21.1 Å². The van der Waals surface area contributed by atoms with Crippen LogP contribution in [0, 0.1) is 0 Å². The van der Waals surface area contributed by atoms with Gasteiger partial charge in [0.2, 0.25) is 0 Å². The van der Waals surface area contributed by atoms with Crippen molar-refractivity contribution in [3.8, 4) is 0 Å². The molecule has 0 saturated carbocycles. The van der Waals surface area contributed by atoms with E-state index in [1.54, 1.807) is 24.5 Å². The van der Waals surface area contributed by atoms with Gasteiger partial charge in [0.05, 0.1) is 20.1 Å². The topological polar surface area (TPSA) is 51.6 Å². The van der Waals surface area contributed by atoms with Gasteiger partial charge in [-0.3, -0.25) is 0 Å². The minimum Gasteiger partial charge on any atom is -0.250 e. The second-order valence-corrected chi connectivity index (χ2v) is 9.70. The smallest absolute Gasteiger partial charge is 0.147 e. The molecular weight excluding hydrogens is 502 g/mol. The molecule has 4 aromatic rings. The van der Waals surface area contributed by atoms with Crippen molar-refractivity contribution >= 4 is 81.0 Å². The van der Waals surface area contributed by atoms with E-state index in [1.165, 1.54) is 23.5 Å². The molecule has 2 aromatic heterocycles. The molecule has 0 unspecified atom stereocenters. The van der Waals surface area contributed by atoms with Crippen molar-refractivity contribution < 1.29 is 0 Å². The highest BCUT2D eigenvalue weighted by Crippen LogP contribution is 2.33. The van der Waals surface area contributed by atoms with Gasteiger partial charge in [-0.25, -0.2) is 9.97 Å². The van der Waals surface area contributed by atoms with E-state index in [2.05, 4.69) is 20.2 Å². The molecule has 0 atom stereocenters. The summed E-state index contributed by atoms with van der Waals surface area (Å²) in [4.78, 5) is 8.96. The lowest BCUT2D eigenvalue weighted by molar-refractivity contribution is 0.870. The largest absolute Gasteiger partial charge is 0.250 e. The molecule has 152 valence electrons. The van der Waals surface area contributed by atoms with Crippen LogP contribution in [0.4, 0.5) is 0 Å². The van der Waals surface area contributed by atoms with Crippen LogP contribution in [-0.4, -0.2) is 20.2 Å². The van der Waals surface area contributed by atoms with E-state index in [-0.39, 0.29) is 0 Å². The van der Waals surface area contributed by atoms with Gasteiger partial charge < -0.3 is 0 Å². The molecule has 0 radical (unpaired) electrons. The van der Waals surface area contributed by atoms with Crippen molar-refractivity contribution in [1.29, 1.82) is 0 Å². The second kappa shape index (κ2) is 9.90. The van der Waals surface area contributed by atoms with E-state index < -0.39 is 0 Å². The van der Waals surface area contributed by atoms with Gasteiger partial charge in [-0.2, -0.15) is 0 Å². The number of hydrogen-bond donors (Lipinski definition) is 0. The summed E-state index contributed by atoms with van der Waals surface area (Å²) in [5, 5.41) is 12.3. The van der Waals surface area contributed by atoms with Crippen LogP contribution >= 0.6 is 69.9 Å². The van der Waals surface area contributed by atoms with Gasteiger partial charge in [-0.15, -0.1) is 10.2 Å². The number of aromatic nitrogens is 4. The summed E-state index contributed by atoms with van der Waals surface area (Å²) >= 11 is 27.2. The Hall–Kier alpha value is -1.28. The molecule has 4 rings (SSSR count). The van der Waals surface area contributed by atoms with E-state index in [0.29, 0.717) is 52.7 Å². The maximum absolute atomic E-state index is 6.11. The zero-order valence-corrected chi connectivity index (χ0v) is 19.8. The Morgan fingerprint density at radius 1 is 0.600 bits per heavy atom. The van der Waals surface area contributed by atoms with E-state index in [1.807, 2.05) is 24.3 Å². The fraction of sp³-hybridized carbons (Fsp3) is 0.100. The van der Waals surface area contributed by atoms with Crippen molar-refractivity contribution in [2.24, 2.45) is 0 Å². The molecule has 4 nitrogen and oxygen atoms in total. The van der Waals surface area contributed by atoms with Crippen LogP contribution in [0.3, 0.4) is 0 Å². The van der Waals surface area contributed by atoms with Crippen LogP contribution in [0.25, 0.3) is 11.0 Å². The average molecular weight is 514 g/mol. The highest BCUT2D eigenvalue weighted by molar-refractivity contribution is 7.99. The number of nitrogens with zero attached hydrogens (tertiary/aromatic N) is 4. The normalized spacial score (nSPS) is 11.2. The number of halogens is 4. The van der Waals surface area contributed by atoms with Crippen LogP contribution < -0.4 is 0 Å². The third-order valence-electron chi connectivity index (χ3n) is 4.05. The van der Waals surface area contributed by atoms with Crippen LogP contribution in [0.15, 0.2) is 58.8 Å². The van der Waals surface area contributed by atoms with Crippen molar-refractivity contribution in [3.63, 3.8) is 0 Å². The number of thioether (sulfide) groups is 2. The SMILES string of the molecule is Clc1ccc(CSc2nnc(SCc3ccc(Cl)c(Cl)c3)c3nccnc23)cc1Cl. The quantitative estimate of drug-likeness (QED) is 0.247. The first-order valence-corrected chi connectivity index (χ1v) is 12.1. The molecule has 0 bridgehead atoms. The molecule has 2 aromatic carbocycles. The second-order valence-electron chi connectivity index (χ2n) is 6.14. The van der Waals surface area contributed by atoms with Crippen LogP contribution in [0.1, 0.15) is 11.1 Å². The Bertz CT molecular complexity index is 1130. The summed E-state index contributed by atoms with van der Waals surface area (Å²) in [6, 6.07) is 11.1. The van der Waals surface area contributed by atoms with Crippen molar-refractivity contribution in [2.75, 3.05) is 0 Å². The third kappa shape index (κ3) is 5.13. The Kier molecular flexibility index (Phi) is 7.24. The van der Waals surface area contributed by atoms with Gasteiger partial charge in [-0.05, 0) is 35.4 Å². The molecule has 0 aliphatic heterocycles. The number of rotatable bonds is 6. The van der Waals surface area contributed by atoms with Crippen molar-refractivity contribution in [3.05, 3.63) is 80.0 Å². The highest BCUT2D eigenvalue weighted by atomic mass is 35.5. The Labute approximate surface area is 201 Å². The molecule has 0 spiro atoms. The molecule has 2 heterocycles. The lowest BCUT2D eigenvalue weighted by Gasteiger charge is -2.08.